The van der Waals surface area contributed by atoms with Crippen molar-refractivity contribution in [3.63, 3.8) is 0 Å². The van der Waals surface area contributed by atoms with Crippen molar-refractivity contribution in [1.29, 1.82) is 0 Å². The molecule has 31 heavy (non-hydrogen) atoms. The van der Waals surface area contributed by atoms with Gasteiger partial charge in [0, 0.05) is 38.6 Å². The third kappa shape index (κ3) is 5.83. The molecule has 0 saturated carbocycles. The highest BCUT2D eigenvalue weighted by molar-refractivity contribution is 7.89. The molecule has 1 saturated heterocycles. The van der Waals surface area contributed by atoms with Gasteiger partial charge in [0.15, 0.2) is 6.61 Å². The summed E-state index contributed by atoms with van der Waals surface area (Å²) in [5, 5.41) is 2.66. The first kappa shape index (κ1) is 22.8. The molecular formula is C22H27N3O5S. The van der Waals surface area contributed by atoms with Crippen molar-refractivity contribution in [2.75, 3.05) is 44.0 Å². The number of ether oxygens (including phenoxy) is 1. The Labute approximate surface area is 182 Å². The molecule has 166 valence electrons. The van der Waals surface area contributed by atoms with Gasteiger partial charge in [0.25, 0.3) is 5.91 Å². The second kappa shape index (κ2) is 9.93. The minimum atomic E-state index is -3.66. The second-order valence-corrected chi connectivity index (χ2v) is 9.50. The Morgan fingerprint density at radius 1 is 1.03 bits per heavy atom. The summed E-state index contributed by atoms with van der Waals surface area (Å²) >= 11 is 0. The first-order valence-electron chi connectivity index (χ1n) is 10.1. The van der Waals surface area contributed by atoms with Crippen LogP contribution in [0, 0.1) is 0 Å². The van der Waals surface area contributed by atoms with Crippen LogP contribution < -0.4 is 10.2 Å². The number of sulfonamides is 1. The molecule has 0 unspecified atom stereocenters. The van der Waals surface area contributed by atoms with E-state index in [1.165, 1.54) is 28.6 Å². The number of hydrogen-bond donors (Lipinski definition) is 1. The molecule has 1 aliphatic heterocycles. The van der Waals surface area contributed by atoms with Gasteiger partial charge in [-0.15, -0.1) is 0 Å². The summed E-state index contributed by atoms with van der Waals surface area (Å²) in [5.41, 5.74) is 1.66. The van der Waals surface area contributed by atoms with Crippen molar-refractivity contribution in [3.05, 3.63) is 54.1 Å². The molecule has 0 radical (unpaired) electrons. The lowest BCUT2D eigenvalue weighted by Crippen LogP contribution is -2.35. The van der Waals surface area contributed by atoms with E-state index in [0.717, 1.165) is 24.9 Å². The fourth-order valence-corrected chi connectivity index (χ4v) is 4.86. The fraction of sp³-hybridized carbons (Fsp3) is 0.364. The summed E-state index contributed by atoms with van der Waals surface area (Å²) in [5.74, 6) is -1.24. The van der Waals surface area contributed by atoms with E-state index in [0.29, 0.717) is 18.8 Å². The van der Waals surface area contributed by atoms with Crippen LogP contribution >= 0.6 is 0 Å². The van der Waals surface area contributed by atoms with Gasteiger partial charge in [0.2, 0.25) is 10.0 Å². The minimum Gasteiger partial charge on any atom is -0.452 e. The normalized spacial score (nSPS) is 14.6. The van der Waals surface area contributed by atoms with Gasteiger partial charge in [-0.1, -0.05) is 12.5 Å². The quantitative estimate of drug-likeness (QED) is 0.659. The Bertz CT molecular complexity index is 1030. The van der Waals surface area contributed by atoms with Crippen LogP contribution in [0.2, 0.25) is 0 Å². The Balaban J connectivity index is 1.59. The van der Waals surface area contributed by atoms with Gasteiger partial charge in [0.1, 0.15) is 0 Å². The van der Waals surface area contributed by atoms with E-state index in [1.807, 2.05) is 31.1 Å². The lowest BCUT2D eigenvalue weighted by Gasteiger charge is -2.25. The molecule has 1 amide bonds. The lowest BCUT2D eigenvalue weighted by atomic mass is 10.2. The molecule has 0 atom stereocenters. The average Bonchev–Trinajstić information content (AvgIpc) is 2.78. The zero-order chi connectivity index (χ0) is 22.4. The van der Waals surface area contributed by atoms with E-state index in [-0.39, 0.29) is 10.5 Å². The van der Waals surface area contributed by atoms with Crippen LogP contribution in [-0.2, 0) is 19.6 Å². The number of nitrogens with one attached hydrogen (secondary N) is 1. The third-order valence-electron chi connectivity index (χ3n) is 5.02. The van der Waals surface area contributed by atoms with Crippen LogP contribution in [0.25, 0.3) is 0 Å². The molecule has 0 bridgehead atoms. The number of hydrogen-bond acceptors (Lipinski definition) is 6. The summed E-state index contributed by atoms with van der Waals surface area (Å²) < 4.78 is 32.1. The molecule has 1 heterocycles. The van der Waals surface area contributed by atoms with Crippen LogP contribution in [-0.4, -0.2) is 58.4 Å². The number of anilines is 2. The van der Waals surface area contributed by atoms with Gasteiger partial charge >= 0.3 is 5.97 Å². The SMILES string of the molecule is CN(C)c1ccc(NC(=O)COC(=O)c2cccc(S(=O)(=O)N3CCCCC3)c2)cc1. The largest absolute Gasteiger partial charge is 0.452 e. The molecular weight excluding hydrogens is 418 g/mol. The maximum Gasteiger partial charge on any atom is 0.338 e. The summed E-state index contributed by atoms with van der Waals surface area (Å²) in [7, 11) is 0.176. The number of piperidine rings is 1. The van der Waals surface area contributed by atoms with Crippen LogP contribution in [0.5, 0.6) is 0 Å². The predicted molar refractivity (Wildman–Crippen MR) is 119 cm³/mol. The Kier molecular flexibility index (Phi) is 7.29. The van der Waals surface area contributed by atoms with Crippen molar-refractivity contribution >= 4 is 33.3 Å². The molecule has 1 fully saturated rings. The second-order valence-electron chi connectivity index (χ2n) is 7.56. The smallest absolute Gasteiger partial charge is 0.338 e. The monoisotopic (exact) mass is 445 g/mol. The summed E-state index contributed by atoms with van der Waals surface area (Å²) in [6.45, 7) is 0.483. The molecule has 3 rings (SSSR count). The van der Waals surface area contributed by atoms with Crippen molar-refractivity contribution in [3.8, 4) is 0 Å². The van der Waals surface area contributed by atoms with Crippen molar-refractivity contribution in [2.24, 2.45) is 0 Å². The number of carbonyl (C=O) groups is 2. The molecule has 0 aliphatic carbocycles. The Hall–Kier alpha value is -2.91. The van der Waals surface area contributed by atoms with E-state index in [2.05, 4.69) is 5.32 Å². The highest BCUT2D eigenvalue weighted by Crippen LogP contribution is 2.21. The molecule has 0 spiro atoms. The number of carbonyl (C=O) groups excluding carboxylic acids is 2. The molecule has 2 aromatic rings. The molecule has 1 aliphatic rings. The maximum atomic E-state index is 12.8. The Morgan fingerprint density at radius 3 is 2.35 bits per heavy atom. The van der Waals surface area contributed by atoms with Crippen LogP contribution in [0.4, 0.5) is 11.4 Å². The number of nitrogens with zero attached hydrogens (tertiary/aromatic N) is 2. The van der Waals surface area contributed by atoms with E-state index >= 15 is 0 Å². The molecule has 1 N–H and O–H groups in total. The molecule has 2 aromatic carbocycles. The van der Waals surface area contributed by atoms with Crippen LogP contribution in [0.1, 0.15) is 29.6 Å². The molecule has 0 aromatic heterocycles. The fourth-order valence-electron chi connectivity index (χ4n) is 3.29. The summed E-state index contributed by atoms with van der Waals surface area (Å²) in [6, 6.07) is 12.9. The number of benzene rings is 2. The number of esters is 1. The van der Waals surface area contributed by atoms with Crippen molar-refractivity contribution in [1.82, 2.24) is 4.31 Å². The van der Waals surface area contributed by atoms with Gasteiger partial charge in [-0.3, -0.25) is 4.79 Å². The van der Waals surface area contributed by atoms with Gasteiger partial charge in [-0.2, -0.15) is 4.31 Å². The van der Waals surface area contributed by atoms with E-state index in [4.69, 9.17) is 4.74 Å². The topological polar surface area (TPSA) is 96.0 Å². The van der Waals surface area contributed by atoms with Gasteiger partial charge < -0.3 is 15.0 Å². The van der Waals surface area contributed by atoms with Crippen molar-refractivity contribution in [2.45, 2.75) is 24.2 Å². The van der Waals surface area contributed by atoms with E-state index < -0.39 is 28.5 Å². The Morgan fingerprint density at radius 2 is 1.71 bits per heavy atom. The van der Waals surface area contributed by atoms with E-state index in [1.54, 1.807) is 12.1 Å². The van der Waals surface area contributed by atoms with Gasteiger partial charge in [-0.25, -0.2) is 13.2 Å². The van der Waals surface area contributed by atoms with E-state index in [9.17, 15) is 18.0 Å². The standard InChI is InChI=1S/C22H27N3O5S/c1-24(2)19-11-9-18(10-12-19)23-21(26)16-30-22(27)17-7-6-8-20(15-17)31(28,29)25-13-4-3-5-14-25/h6-12,15H,3-5,13-14,16H2,1-2H3,(H,23,26). The average molecular weight is 446 g/mol. The number of rotatable bonds is 7. The van der Waals surface area contributed by atoms with Crippen LogP contribution in [0.3, 0.4) is 0 Å². The van der Waals surface area contributed by atoms with Gasteiger partial charge in [-0.05, 0) is 55.3 Å². The lowest BCUT2D eigenvalue weighted by molar-refractivity contribution is -0.119. The first-order chi connectivity index (χ1) is 14.8. The summed E-state index contributed by atoms with van der Waals surface area (Å²) in [6.07, 6.45) is 2.67. The molecule has 8 nitrogen and oxygen atoms in total. The van der Waals surface area contributed by atoms with Crippen LogP contribution in [0.15, 0.2) is 53.4 Å². The first-order valence-corrected chi connectivity index (χ1v) is 11.6. The van der Waals surface area contributed by atoms with Crippen molar-refractivity contribution < 1.29 is 22.7 Å². The zero-order valence-corrected chi connectivity index (χ0v) is 18.5. The van der Waals surface area contributed by atoms with Gasteiger partial charge in [0.05, 0.1) is 10.5 Å². The highest BCUT2D eigenvalue weighted by atomic mass is 32.2. The predicted octanol–water partition coefficient (Wildman–Crippen LogP) is 2.72. The highest BCUT2D eigenvalue weighted by Gasteiger charge is 2.26. The molecule has 9 heteroatoms. The maximum absolute atomic E-state index is 12.8. The number of amides is 1. The third-order valence-corrected chi connectivity index (χ3v) is 6.92. The zero-order valence-electron chi connectivity index (χ0n) is 17.7. The summed E-state index contributed by atoms with van der Waals surface area (Å²) in [4.78, 5) is 26.4. The minimum absolute atomic E-state index is 0.0503.